The first kappa shape index (κ1) is 14.0. The number of anilines is 1. The summed E-state index contributed by atoms with van der Waals surface area (Å²) in [5.74, 6) is -0.0201. The van der Waals surface area contributed by atoms with Crippen LogP contribution in [0.5, 0.6) is 0 Å². The fourth-order valence-electron chi connectivity index (χ4n) is 1.63. The molecule has 1 rings (SSSR count). The van der Waals surface area contributed by atoms with Crippen LogP contribution in [0.15, 0.2) is 18.2 Å². The van der Waals surface area contributed by atoms with Gasteiger partial charge in [-0.2, -0.15) is 0 Å². The van der Waals surface area contributed by atoms with Gasteiger partial charge in [0.05, 0.1) is 5.75 Å². The lowest BCUT2D eigenvalue weighted by atomic mass is 10.1. The lowest BCUT2D eigenvalue weighted by Crippen LogP contribution is -2.31. The minimum Gasteiger partial charge on any atom is -0.371 e. The molecule has 0 radical (unpaired) electrons. The molecule has 0 bridgehead atoms. The topological polar surface area (TPSA) is 63.4 Å². The van der Waals surface area contributed by atoms with Crippen molar-refractivity contribution in [2.45, 2.75) is 20.8 Å². The molecule has 0 aliphatic carbocycles. The fraction of sp³-hybridized carbons (Fsp3) is 0.500. The predicted octanol–water partition coefficient (Wildman–Crippen LogP) is 1.42. The van der Waals surface area contributed by atoms with Crippen LogP contribution < -0.4 is 10.0 Å². The van der Waals surface area contributed by atoms with E-state index >= 15 is 0 Å². The summed E-state index contributed by atoms with van der Waals surface area (Å²) < 4.78 is 21.9. The van der Waals surface area contributed by atoms with Crippen LogP contribution in [0.3, 0.4) is 0 Å². The first-order valence-corrected chi connectivity index (χ1v) is 7.37. The molecule has 0 aliphatic heterocycles. The number of sulfonamides is 1. The average molecular weight is 256 g/mol. The fourth-order valence-corrected chi connectivity index (χ4v) is 2.10. The van der Waals surface area contributed by atoms with Crippen molar-refractivity contribution in [3.8, 4) is 0 Å². The van der Waals surface area contributed by atoms with E-state index in [1.807, 2.05) is 30.9 Å². The van der Waals surface area contributed by atoms with Crippen LogP contribution in [-0.2, 0) is 10.0 Å². The van der Waals surface area contributed by atoms with Gasteiger partial charge < -0.3 is 4.90 Å². The number of hydrogen-bond donors (Lipinski definition) is 1. The second-order valence-electron chi connectivity index (χ2n) is 4.22. The number of nitrogens with zero attached hydrogens (tertiary/aromatic N) is 1. The van der Waals surface area contributed by atoms with E-state index in [2.05, 4.69) is 13.0 Å². The molecule has 0 fully saturated rings. The maximum atomic E-state index is 11.0. The largest absolute Gasteiger partial charge is 0.371 e. The third-order valence-electron chi connectivity index (χ3n) is 2.88. The van der Waals surface area contributed by atoms with Crippen LogP contribution in [-0.4, -0.2) is 27.3 Å². The zero-order valence-corrected chi connectivity index (χ0v) is 11.4. The van der Waals surface area contributed by atoms with E-state index in [1.165, 1.54) is 11.1 Å². The SMILES string of the molecule is CCN(CCS(N)(=O)=O)c1ccc(C)c(C)c1. The van der Waals surface area contributed by atoms with Gasteiger partial charge in [0.1, 0.15) is 0 Å². The summed E-state index contributed by atoms with van der Waals surface area (Å²) >= 11 is 0. The van der Waals surface area contributed by atoms with Gasteiger partial charge in [0, 0.05) is 18.8 Å². The highest BCUT2D eigenvalue weighted by molar-refractivity contribution is 7.89. The summed E-state index contributed by atoms with van der Waals surface area (Å²) in [6, 6.07) is 6.13. The van der Waals surface area contributed by atoms with Crippen molar-refractivity contribution < 1.29 is 8.42 Å². The van der Waals surface area contributed by atoms with E-state index < -0.39 is 10.0 Å². The lowest BCUT2D eigenvalue weighted by molar-refractivity contribution is 0.596. The Balaban J connectivity index is 2.83. The van der Waals surface area contributed by atoms with Crippen molar-refractivity contribution in [2.75, 3.05) is 23.7 Å². The van der Waals surface area contributed by atoms with Gasteiger partial charge >= 0.3 is 0 Å². The predicted molar refractivity (Wildman–Crippen MR) is 71.8 cm³/mol. The molecule has 1 aromatic carbocycles. The van der Waals surface area contributed by atoms with Crippen LogP contribution in [0, 0.1) is 13.8 Å². The summed E-state index contributed by atoms with van der Waals surface area (Å²) in [5, 5.41) is 5.02. The standard InChI is InChI=1S/C12H20N2O2S/c1-4-14(7-8-17(13,15)16)12-6-5-10(2)11(3)9-12/h5-6,9H,4,7-8H2,1-3H3,(H2,13,15,16). The van der Waals surface area contributed by atoms with Crippen molar-refractivity contribution >= 4 is 15.7 Å². The smallest absolute Gasteiger partial charge is 0.210 e. The van der Waals surface area contributed by atoms with Gasteiger partial charge in [-0.1, -0.05) is 6.07 Å². The summed E-state index contributed by atoms with van der Waals surface area (Å²) in [6.07, 6.45) is 0. The van der Waals surface area contributed by atoms with Crippen LogP contribution in [0.25, 0.3) is 0 Å². The highest BCUT2D eigenvalue weighted by atomic mass is 32.2. The number of benzene rings is 1. The second-order valence-corrected chi connectivity index (χ2v) is 5.95. The number of hydrogen-bond acceptors (Lipinski definition) is 3. The molecule has 2 N–H and O–H groups in total. The molecular weight excluding hydrogens is 236 g/mol. The third kappa shape index (κ3) is 4.36. The van der Waals surface area contributed by atoms with E-state index in [9.17, 15) is 8.42 Å². The Morgan fingerprint density at radius 3 is 2.35 bits per heavy atom. The van der Waals surface area contributed by atoms with E-state index in [0.717, 1.165) is 12.2 Å². The maximum absolute atomic E-state index is 11.0. The first-order valence-electron chi connectivity index (χ1n) is 5.66. The van der Waals surface area contributed by atoms with Gasteiger partial charge in [0.25, 0.3) is 0 Å². The number of aryl methyl sites for hydroxylation is 2. The summed E-state index contributed by atoms with van der Waals surface area (Å²) in [4.78, 5) is 2.01. The molecule has 0 atom stereocenters. The van der Waals surface area contributed by atoms with Crippen molar-refractivity contribution in [3.05, 3.63) is 29.3 Å². The first-order chi connectivity index (χ1) is 7.83. The van der Waals surface area contributed by atoms with Crippen molar-refractivity contribution in [2.24, 2.45) is 5.14 Å². The molecule has 0 heterocycles. The van der Waals surface area contributed by atoms with Gasteiger partial charge in [-0.25, -0.2) is 13.6 Å². The van der Waals surface area contributed by atoms with Crippen molar-refractivity contribution in [1.29, 1.82) is 0 Å². The minimum atomic E-state index is -3.40. The van der Waals surface area contributed by atoms with Crippen LogP contribution in [0.2, 0.25) is 0 Å². The molecule has 17 heavy (non-hydrogen) atoms. The average Bonchev–Trinajstić information content (AvgIpc) is 2.22. The maximum Gasteiger partial charge on any atom is 0.210 e. The number of rotatable bonds is 5. The molecule has 0 aliphatic rings. The van der Waals surface area contributed by atoms with Gasteiger partial charge in [-0.05, 0) is 44.0 Å². The lowest BCUT2D eigenvalue weighted by Gasteiger charge is -2.23. The molecule has 1 aromatic rings. The molecule has 0 aromatic heterocycles. The molecule has 0 amide bonds. The molecule has 96 valence electrons. The van der Waals surface area contributed by atoms with Gasteiger partial charge in [-0.15, -0.1) is 0 Å². The highest BCUT2D eigenvalue weighted by Gasteiger charge is 2.09. The monoisotopic (exact) mass is 256 g/mol. The van der Waals surface area contributed by atoms with E-state index in [-0.39, 0.29) is 5.75 Å². The molecule has 4 nitrogen and oxygen atoms in total. The normalized spacial score (nSPS) is 11.5. The Bertz CT molecular complexity index is 483. The zero-order valence-electron chi connectivity index (χ0n) is 10.6. The van der Waals surface area contributed by atoms with Crippen molar-refractivity contribution in [3.63, 3.8) is 0 Å². The van der Waals surface area contributed by atoms with Crippen LogP contribution >= 0.6 is 0 Å². The Kier molecular flexibility index (Phi) is 4.54. The minimum absolute atomic E-state index is 0.0201. The molecule has 0 saturated heterocycles. The second kappa shape index (κ2) is 5.51. The summed E-state index contributed by atoms with van der Waals surface area (Å²) in [5.41, 5.74) is 3.48. The van der Waals surface area contributed by atoms with E-state index in [1.54, 1.807) is 0 Å². The third-order valence-corrected chi connectivity index (χ3v) is 3.63. The van der Waals surface area contributed by atoms with Gasteiger partial charge in [0.2, 0.25) is 10.0 Å². The highest BCUT2D eigenvalue weighted by Crippen LogP contribution is 2.18. The molecule has 0 spiro atoms. The van der Waals surface area contributed by atoms with Crippen molar-refractivity contribution in [1.82, 2.24) is 0 Å². The van der Waals surface area contributed by atoms with E-state index in [0.29, 0.717) is 6.54 Å². The van der Waals surface area contributed by atoms with Crippen LogP contribution in [0.4, 0.5) is 5.69 Å². The Hall–Kier alpha value is -1.07. The number of primary sulfonamides is 1. The number of nitrogens with two attached hydrogens (primary N) is 1. The Morgan fingerprint density at radius 2 is 1.88 bits per heavy atom. The van der Waals surface area contributed by atoms with E-state index in [4.69, 9.17) is 5.14 Å². The summed E-state index contributed by atoms with van der Waals surface area (Å²) in [7, 11) is -3.40. The molecule has 5 heteroatoms. The molecule has 0 saturated carbocycles. The van der Waals surface area contributed by atoms with Gasteiger partial charge in [-0.3, -0.25) is 0 Å². The van der Waals surface area contributed by atoms with Gasteiger partial charge in [0.15, 0.2) is 0 Å². The molecular formula is C12H20N2O2S. The Morgan fingerprint density at radius 1 is 1.24 bits per heavy atom. The summed E-state index contributed by atoms with van der Waals surface area (Å²) in [6.45, 7) is 7.29. The quantitative estimate of drug-likeness (QED) is 0.866. The Labute approximate surface area is 103 Å². The molecule has 0 unspecified atom stereocenters. The van der Waals surface area contributed by atoms with Crippen LogP contribution in [0.1, 0.15) is 18.1 Å². The zero-order chi connectivity index (χ0) is 13.1.